The number of benzene rings is 1. The van der Waals surface area contributed by atoms with Crippen LogP contribution in [-0.4, -0.2) is 83.7 Å². The second kappa shape index (κ2) is 13.1. The number of hydrogen-bond acceptors (Lipinski definition) is 15. The number of nitrogens with one attached hydrogen (secondary N) is 3. The fourth-order valence-corrected chi connectivity index (χ4v) is 7.42. The van der Waals surface area contributed by atoms with Gasteiger partial charge in [0, 0.05) is 36.7 Å². The van der Waals surface area contributed by atoms with Crippen molar-refractivity contribution in [2.75, 3.05) is 25.7 Å². The normalized spacial score (nSPS) is 26.0. The van der Waals surface area contributed by atoms with E-state index >= 15 is 0 Å². The highest BCUT2D eigenvalue weighted by Gasteiger charge is 2.44. The number of nitrogens with zero attached hydrogens (tertiary/aromatic N) is 4. The van der Waals surface area contributed by atoms with E-state index in [2.05, 4.69) is 25.0 Å². The third-order valence-electron chi connectivity index (χ3n) is 8.41. The van der Waals surface area contributed by atoms with Crippen LogP contribution in [0.3, 0.4) is 0 Å². The van der Waals surface area contributed by atoms with Crippen molar-refractivity contribution in [1.82, 2.24) is 34.2 Å². The average molecular weight is 705 g/mol. The molecule has 49 heavy (non-hydrogen) atoms. The van der Waals surface area contributed by atoms with Gasteiger partial charge in [0.15, 0.2) is 22.7 Å². The lowest BCUT2D eigenvalue weighted by atomic mass is 10.2. The van der Waals surface area contributed by atoms with Gasteiger partial charge in [0.2, 0.25) is 12.7 Å². The van der Waals surface area contributed by atoms with E-state index in [1.165, 1.54) is 24.0 Å². The number of anilines is 1. The minimum Gasteiger partial charge on any atom is -0.454 e. The van der Waals surface area contributed by atoms with Crippen LogP contribution in [0.1, 0.15) is 36.4 Å². The number of nitrogen functional groups attached to an aromatic ring is 1. The summed E-state index contributed by atoms with van der Waals surface area (Å²) in [6.45, 7) is 0.509. The molecule has 0 spiro atoms. The number of aliphatic hydroxyl groups excluding tert-OH is 2. The minimum atomic E-state index is -4.33. The van der Waals surface area contributed by atoms with Gasteiger partial charge in [-0.15, -0.1) is 0 Å². The van der Waals surface area contributed by atoms with Gasteiger partial charge in [-0.25, -0.2) is 19.4 Å². The molecule has 0 amide bonds. The summed E-state index contributed by atoms with van der Waals surface area (Å²) >= 11 is 0. The van der Waals surface area contributed by atoms with Gasteiger partial charge in [0.1, 0.15) is 30.8 Å². The Morgan fingerprint density at radius 1 is 1.10 bits per heavy atom. The monoisotopic (exact) mass is 704 g/mol. The molecule has 3 aliphatic heterocycles. The molecular weight excluding hydrogens is 671 g/mol. The number of hydrogen-bond donors (Lipinski definition) is 6. The molecule has 1 aromatic carbocycles. The van der Waals surface area contributed by atoms with Crippen LogP contribution in [0, 0.1) is 6.92 Å². The Morgan fingerprint density at radius 2 is 1.90 bits per heavy atom. The zero-order valence-corrected chi connectivity index (χ0v) is 26.8. The summed E-state index contributed by atoms with van der Waals surface area (Å²) in [7, 11) is -4.33. The van der Waals surface area contributed by atoms with Gasteiger partial charge in [-0.1, -0.05) is 12.1 Å². The van der Waals surface area contributed by atoms with Gasteiger partial charge in [0.05, 0.1) is 25.6 Å². The van der Waals surface area contributed by atoms with E-state index in [9.17, 15) is 29.2 Å². The van der Waals surface area contributed by atoms with Crippen molar-refractivity contribution in [3.05, 3.63) is 73.0 Å². The van der Waals surface area contributed by atoms with Gasteiger partial charge in [0.25, 0.3) is 11.1 Å². The predicted molar refractivity (Wildman–Crippen MR) is 167 cm³/mol. The van der Waals surface area contributed by atoms with Crippen molar-refractivity contribution in [3.8, 4) is 11.5 Å². The maximum absolute atomic E-state index is 14.5. The van der Waals surface area contributed by atoms with Crippen LogP contribution in [0.25, 0.3) is 11.2 Å². The molecule has 2 fully saturated rings. The highest BCUT2D eigenvalue weighted by molar-refractivity contribution is 7.51. The molecule has 7 atom stereocenters. The summed E-state index contributed by atoms with van der Waals surface area (Å²) in [6.07, 6.45) is -3.31. The van der Waals surface area contributed by atoms with Crippen LogP contribution < -0.4 is 37.1 Å². The Kier molecular flexibility index (Phi) is 8.88. The second-order valence-corrected chi connectivity index (χ2v) is 13.4. The number of imidazole rings is 1. The van der Waals surface area contributed by atoms with Gasteiger partial charge in [-0.3, -0.25) is 37.7 Å². The maximum Gasteiger partial charge on any atom is 0.406 e. The molecule has 2 saturated heterocycles. The molecule has 262 valence electrons. The van der Waals surface area contributed by atoms with Crippen molar-refractivity contribution in [2.24, 2.45) is 0 Å². The number of aryl methyl sites for hydroxylation is 1. The molecule has 6 heterocycles. The summed E-state index contributed by atoms with van der Waals surface area (Å²) < 4.78 is 51.9. The van der Waals surface area contributed by atoms with E-state index in [1.807, 2.05) is 0 Å². The van der Waals surface area contributed by atoms with E-state index in [0.717, 1.165) is 4.57 Å². The quantitative estimate of drug-likeness (QED) is 0.108. The number of para-hydroxylation sites is 1. The second-order valence-electron chi connectivity index (χ2n) is 11.7. The lowest BCUT2D eigenvalue weighted by Gasteiger charge is -2.26. The molecule has 0 saturated carbocycles. The first kappa shape index (κ1) is 33.1. The molecule has 0 bridgehead atoms. The Hall–Kier alpha value is -4.40. The summed E-state index contributed by atoms with van der Waals surface area (Å²) in [5, 5.41) is 23.8. The molecule has 7 N–H and O–H groups in total. The van der Waals surface area contributed by atoms with E-state index in [4.69, 9.17) is 33.7 Å². The molecule has 21 heteroatoms. The van der Waals surface area contributed by atoms with Crippen LogP contribution >= 0.6 is 7.75 Å². The summed E-state index contributed by atoms with van der Waals surface area (Å²) in [5.74, 6) is 0.823. The number of aromatic amines is 2. The minimum absolute atomic E-state index is 0.0152. The first-order valence-electron chi connectivity index (χ1n) is 15.2. The maximum atomic E-state index is 14.5. The van der Waals surface area contributed by atoms with Gasteiger partial charge >= 0.3 is 13.4 Å². The van der Waals surface area contributed by atoms with Crippen LogP contribution in [0.4, 0.5) is 5.95 Å². The molecule has 3 aliphatic rings. The third-order valence-corrected chi connectivity index (χ3v) is 9.99. The Labute approximate surface area is 275 Å². The zero-order valence-electron chi connectivity index (χ0n) is 25.9. The standard InChI is InChI=1S/C28H33N8O12P/c1-13-8-35(28(41)34-25(13)39)20-5-15(38)19(47-20)10-45-49(42,31-7-14-3-2-4-16-23(14)44-12-43-16)48-17-6-21(46-18(17)9-37)36-11-30-22-24(36)32-27(29)33-26(22)40/h2-4,8,11,15,17-21,37-38H,5-7,9-10,12H2,1H3,(H,31,42)(H,34,39,41)(H3,29,32,33,40)/t15-,17-,18+,19+,20+,21+,49?/m0/s1. The summed E-state index contributed by atoms with van der Waals surface area (Å²) in [5.41, 5.74) is 4.95. The van der Waals surface area contributed by atoms with Crippen LogP contribution in [0.2, 0.25) is 0 Å². The number of ether oxygens (including phenoxy) is 4. The first-order chi connectivity index (χ1) is 23.5. The Bertz CT molecular complexity index is 2100. The lowest BCUT2D eigenvalue weighted by molar-refractivity contribution is -0.0523. The fourth-order valence-electron chi connectivity index (χ4n) is 5.91. The van der Waals surface area contributed by atoms with Gasteiger partial charge in [-0.2, -0.15) is 4.98 Å². The summed E-state index contributed by atoms with van der Waals surface area (Å²) in [6, 6.07) is 5.19. The predicted octanol–water partition coefficient (Wildman–Crippen LogP) is -0.483. The smallest absolute Gasteiger partial charge is 0.406 e. The Balaban J connectivity index is 1.11. The summed E-state index contributed by atoms with van der Waals surface area (Å²) in [4.78, 5) is 49.4. The topological polar surface area (TPSA) is 269 Å². The highest BCUT2D eigenvalue weighted by Crippen LogP contribution is 2.50. The van der Waals surface area contributed by atoms with E-state index in [0.29, 0.717) is 17.1 Å². The largest absolute Gasteiger partial charge is 0.454 e. The molecule has 0 radical (unpaired) electrons. The zero-order chi connectivity index (χ0) is 34.4. The molecule has 4 aromatic rings. The first-order valence-corrected chi connectivity index (χ1v) is 16.8. The van der Waals surface area contributed by atoms with Crippen LogP contribution in [0.5, 0.6) is 11.5 Å². The number of aromatic nitrogens is 6. The third kappa shape index (κ3) is 6.52. The number of H-pyrrole nitrogens is 2. The van der Waals surface area contributed by atoms with Crippen molar-refractivity contribution in [1.29, 1.82) is 0 Å². The molecule has 1 unspecified atom stereocenters. The van der Waals surface area contributed by atoms with Crippen LogP contribution in [-0.2, 0) is 29.6 Å². The van der Waals surface area contributed by atoms with E-state index in [1.54, 1.807) is 18.2 Å². The average Bonchev–Trinajstić information content (AvgIpc) is 3.87. The van der Waals surface area contributed by atoms with E-state index < -0.39 is 74.6 Å². The lowest BCUT2D eigenvalue weighted by Crippen LogP contribution is -2.33. The van der Waals surface area contributed by atoms with Crippen molar-refractivity contribution >= 4 is 24.9 Å². The molecular formula is C28H33N8O12P. The number of aliphatic hydroxyl groups is 2. The number of fused-ring (bicyclic) bond motifs is 2. The molecule has 20 nitrogen and oxygen atoms in total. The van der Waals surface area contributed by atoms with Crippen molar-refractivity contribution in [2.45, 2.75) is 63.2 Å². The number of rotatable bonds is 11. The SMILES string of the molecule is Cc1cn([C@H]2C[C@H](O)[C@@H](COP(=O)(NCc3cccc4c3OCO4)O[C@H]3C[C@H](n4cnc5c(=O)[nH]c(N)nc54)O[C@@H]3CO)O2)c(=O)[nH]c1=O. The van der Waals surface area contributed by atoms with Crippen LogP contribution in [0.15, 0.2) is 45.1 Å². The van der Waals surface area contributed by atoms with Crippen molar-refractivity contribution in [3.63, 3.8) is 0 Å². The van der Waals surface area contributed by atoms with Gasteiger partial charge < -0.3 is 34.9 Å². The van der Waals surface area contributed by atoms with Gasteiger partial charge in [-0.05, 0) is 13.0 Å². The number of nitrogens with two attached hydrogens (primary N) is 1. The highest BCUT2D eigenvalue weighted by atomic mass is 31.2. The van der Waals surface area contributed by atoms with E-state index in [-0.39, 0.29) is 48.9 Å². The molecule has 3 aromatic heterocycles. The van der Waals surface area contributed by atoms with Crippen molar-refractivity contribution < 1.29 is 42.8 Å². The fraction of sp³-hybridized carbons (Fsp3) is 0.464. The Morgan fingerprint density at radius 3 is 2.71 bits per heavy atom. The molecule has 0 aliphatic carbocycles. The molecule has 7 rings (SSSR count).